The van der Waals surface area contributed by atoms with Crippen molar-refractivity contribution in [3.05, 3.63) is 30.1 Å². The van der Waals surface area contributed by atoms with Crippen LogP contribution in [0.1, 0.15) is 56.1 Å². The molecule has 4 rings (SSSR count). The van der Waals surface area contributed by atoms with Gasteiger partial charge < -0.3 is 9.47 Å². The topological polar surface area (TPSA) is 59.7 Å². The van der Waals surface area contributed by atoms with Gasteiger partial charge in [-0.3, -0.25) is 0 Å². The molecule has 0 radical (unpaired) electrons. The summed E-state index contributed by atoms with van der Waals surface area (Å²) in [5.74, 6) is 3.79. The lowest BCUT2D eigenvalue weighted by molar-refractivity contribution is 0.441. The molecule has 1 saturated heterocycles. The summed E-state index contributed by atoms with van der Waals surface area (Å²) in [5, 5.41) is 9.05. The summed E-state index contributed by atoms with van der Waals surface area (Å²) in [4.78, 5) is 11.0. The van der Waals surface area contributed by atoms with Crippen molar-refractivity contribution in [1.82, 2.24) is 24.7 Å². The van der Waals surface area contributed by atoms with E-state index in [-0.39, 0.29) is 0 Å². The first kappa shape index (κ1) is 14.6. The van der Waals surface area contributed by atoms with Crippen LogP contribution in [0.25, 0.3) is 0 Å². The van der Waals surface area contributed by atoms with E-state index < -0.39 is 0 Å². The number of aromatic nitrogens is 5. The Hall–Kier alpha value is -1.98. The van der Waals surface area contributed by atoms with Crippen LogP contribution < -0.4 is 4.90 Å². The Morgan fingerprint density at radius 1 is 0.870 bits per heavy atom. The summed E-state index contributed by atoms with van der Waals surface area (Å²) < 4.78 is 2.42. The van der Waals surface area contributed by atoms with Gasteiger partial charge in [0.2, 0.25) is 5.95 Å². The van der Waals surface area contributed by atoms with E-state index in [2.05, 4.69) is 29.6 Å². The molecule has 6 heteroatoms. The highest BCUT2D eigenvalue weighted by Gasteiger charge is 2.27. The largest absolute Gasteiger partial charge is 0.341 e. The third-order valence-corrected chi connectivity index (χ3v) is 5.08. The minimum atomic E-state index is 0.524. The number of fused-ring (bicyclic) bond motifs is 1. The predicted octanol–water partition coefficient (Wildman–Crippen LogP) is 2.57. The van der Waals surface area contributed by atoms with Crippen LogP contribution in [0.3, 0.4) is 0 Å². The van der Waals surface area contributed by atoms with Gasteiger partial charge in [-0.1, -0.05) is 12.8 Å². The predicted molar refractivity (Wildman–Crippen MR) is 88.4 cm³/mol. The van der Waals surface area contributed by atoms with Gasteiger partial charge in [-0.05, 0) is 31.7 Å². The van der Waals surface area contributed by atoms with Crippen LogP contribution in [0.15, 0.2) is 18.5 Å². The summed E-state index contributed by atoms with van der Waals surface area (Å²) in [7, 11) is 0. The molecular formula is C17H24N6. The lowest BCUT2D eigenvalue weighted by Gasteiger charge is -2.31. The summed E-state index contributed by atoms with van der Waals surface area (Å²) >= 11 is 0. The van der Waals surface area contributed by atoms with Crippen LogP contribution in [0.4, 0.5) is 5.95 Å². The fourth-order valence-electron chi connectivity index (χ4n) is 3.78. The normalized spacial score (nSPS) is 19.9. The first-order valence-corrected chi connectivity index (χ1v) is 8.86. The van der Waals surface area contributed by atoms with E-state index in [1.807, 2.05) is 18.5 Å². The number of rotatable bonds is 2. The molecule has 2 aromatic rings. The molecule has 0 amide bonds. The monoisotopic (exact) mass is 312 g/mol. The van der Waals surface area contributed by atoms with Crippen molar-refractivity contribution in [2.24, 2.45) is 0 Å². The average Bonchev–Trinajstić information content (AvgIpc) is 2.97. The van der Waals surface area contributed by atoms with Gasteiger partial charge in [0.05, 0.1) is 0 Å². The summed E-state index contributed by atoms with van der Waals surface area (Å²) in [6, 6.07) is 1.87. The molecule has 2 aliphatic rings. The van der Waals surface area contributed by atoms with Crippen molar-refractivity contribution in [1.29, 1.82) is 0 Å². The van der Waals surface area contributed by atoms with Gasteiger partial charge >= 0.3 is 0 Å². The molecule has 0 N–H and O–H groups in total. The quantitative estimate of drug-likeness (QED) is 0.853. The lowest BCUT2D eigenvalue weighted by atomic mass is 9.95. The molecule has 4 heterocycles. The van der Waals surface area contributed by atoms with E-state index in [0.29, 0.717) is 5.92 Å². The molecule has 1 fully saturated rings. The van der Waals surface area contributed by atoms with Crippen molar-refractivity contribution in [2.45, 2.75) is 57.4 Å². The number of nitrogens with zero attached hydrogens (tertiary/aromatic N) is 6. The molecule has 0 bridgehead atoms. The van der Waals surface area contributed by atoms with Crippen LogP contribution in [0.2, 0.25) is 0 Å². The van der Waals surface area contributed by atoms with Crippen LogP contribution in [-0.4, -0.2) is 37.8 Å². The third-order valence-electron chi connectivity index (χ3n) is 5.08. The van der Waals surface area contributed by atoms with Crippen LogP contribution in [0.5, 0.6) is 0 Å². The van der Waals surface area contributed by atoms with Gasteiger partial charge in [0.15, 0.2) is 0 Å². The van der Waals surface area contributed by atoms with Crippen molar-refractivity contribution >= 4 is 5.95 Å². The summed E-state index contributed by atoms with van der Waals surface area (Å²) in [6.07, 6.45) is 12.1. The second-order valence-electron chi connectivity index (χ2n) is 6.60. The highest BCUT2D eigenvalue weighted by molar-refractivity contribution is 5.29. The standard InChI is InChI=1S/C17H24N6/c1-2-4-11-23-15(6-3-1)20-21-16(23)14-7-12-22(13-8-14)17-18-9-5-10-19-17/h5,9-10,14H,1-4,6-8,11-13H2. The molecule has 0 unspecified atom stereocenters. The van der Waals surface area contributed by atoms with Gasteiger partial charge in [-0.15, -0.1) is 10.2 Å². The zero-order chi connectivity index (χ0) is 15.5. The lowest BCUT2D eigenvalue weighted by Crippen LogP contribution is -2.35. The molecule has 2 aromatic heterocycles. The maximum atomic E-state index is 4.57. The van der Waals surface area contributed by atoms with Crippen LogP contribution >= 0.6 is 0 Å². The SMILES string of the molecule is c1cnc(N2CCC(c3nnc4n3CCCCCC4)CC2)nc1. The maximum Gasteiger partial charge on any atom is 0.225 e. The summed E-state index contributed by atoms with van der Waals surface area (Å²) in [6.45, 7) is 3.09. The van der Waals surface area contributed by atoms with Gasteiger partial charge in [-0.25, -0.2) is 9.97 Å². The molecular weight excluding hydrogens is 288 g/mol. The Bertz CT molecular complexity index is 630. The third kappa shape index (κ3) is 3.07. The Balaban J connectivity index is 1.46. The Morgan fingerprint density at radius 2 is 1.65 bits per heavy atom. The van der Waals surface area contributed by atoms with E-state index in [9.17, 15) is 0 Å². The fraction of sp³-hybridized carbons (Fsp3) is 0.647. The Morgan fingerprint density at radius 3 is 2.48 bits per heavy atom. The van der Waals surface area contributed by atoms with E-state index in [4.69, 9.17) is 0 Å². The van der Waals surface area contributed by atoms with Gasteiger partial charge in [-0.2, -0.15) is 0 Å². The second-order valence-corrected chi connectivity index (χ2v) is 6.60. The Kier molecular flexibility index (Phi) is 4.22. The average molecular weight is 312 g/mol. The zero-order valence-electron chi connectivity index (χ0n) is 13.6. The molecule has 23 heavy (non-hydrogen) atoms. The molecule has 122 valence electrons. The smallest absolute Gasteiger partial charge is 0.225 e. The minimum absolute atomic E-state index is 0.524. The number of hydrogen-bond donors (Lipinski definition) is 0. The van der Waals surface area contributed by atoms with Crippen molar-refractivity contribution in [2.75, 3.05) is 18.0 Å². The number of piperidine rings is 1. The first-order valence-electron chi connectivity index (χ1n) is 8.86. The highest BCUT2D eigenvalue weighted by Crippen LogP contribution is 2.29. The first-order chi connectivity index (χ1) is 11.4. The van der Waals surface area contributed by atoms with E-state index in [1.54, 1.807) is 0 Å². The van der Waals surface area contributed by atoms with E-state index in [0.717, 1.165) is 44.8 Å². The fourth-order valence-corrected chi connectivity index (χ4v) is 3.78. The highest BCUT2D eigenvalue weighted by atomic mass is 15.3. The number of hydrogen-bond acceptors (Lipinski definition) is 5. The minimum Gasteiger partial charge on any atom is -0.341 e. The van der Waals surface area contributed by atoms with Gasteiger partial charge in [0.25, 0.3) is 0 Å². The molecule has 2 aliphatic heterocycles. The molecule has 6 nitrogen and oxygen atoms in total. The maximum absolute atomic E-state index is 4.57. The van der Waals surface area contributed by atoms with E-state index in [1.165, 1.54) is 37.3 Å². The summed E-state index contributed by atoms with van der Waals surface area (Å²) in [5.41, 5.74) is 0. The zero-order valence-corrected chi connectivity index (χ0v) is 13.6. The Labute approximate surface area is 137 Å². The molecule has 0 spiro atoms. The van der Waals surface area contributed by atoms with Crippen molar-refractivity contribution in [3.63, 3.8) is 0 Å². The number of aryl methyl sites for hydroxylation is 1. The van der Waals surface area contributed by atoms with Crippen molar-refractivity contribution in [3.8, 4) is 0 Å². The molecule has 0 atom stereocenters. The van der Waals surface area contributed by atoms with Gasteiger partial charge in [0, 0.05) is 44.4 Å². The molecule has 0 aliphatic carbocycles. The van der Waals surface area contributed by atoms with Crippen LogP contribution in [-0.2, 0) is 13.0 Å². The van der Waals surface area contributed by atoms with Crippen LogP contribution in [0, 0.1) is 0 Å². The van der Waals surface area contributed by atoms with Crippen molar-refractivity contribution < 1.29 is 0 Å². The van der Waals surface area contributed by atoms with E-state index >= 15 is 0 Å². The van der Waals surface area contributed by atoms with Gasteiger partial charge in [0.1, 0.15) is 11.6 Å². The number of anilines is 1. The second kappa shape index (κ2) is 6.64. The molecule has 0 aromatic carbocycles. The molecule has 0 saturated carbocycles.